The number of aliphatic hydroxyl groups is 1. The number of hydrogen-bond donors (Lipinski definition) is 5. The van der Waals surface area contributed by atoms with Gasteiger partial charge in [0.1, 0.15) is 12.2 Å². The van der Waals surface area contributed by atoms with E-state index in [4.69, 9.17) is 24.8 Å². The monoisotopic (exact) mass is 445 g/mol. The van der Waals surface area contributed by atoms with E-state index in [0.717, 1.165) is 10.9 Å². The fourth-order valence-electron chi connectivity index (χ4n) is 2.48. The molecule has 1 aliphatic heterocycles. The van der Waals surface area contributed by atoms with Gasteiger partial charge in [0.25, 0.3) is 5.56 Å². The van der Waals surface area contributed by atoms with Gasteiger partial charge in [0.05, 0.1) is 12.9 Å². The number of nitrogens with two attached hydrogens (primary N) is 1. The zero-order valence-electron chi connectivity index (χ0n) is 13.1. The molecule has 0 radical (unpaired) electrons. The van der Waals surface area contributed by atoms with Crippen molar-refractivity contribution in [1.82, 2.24) is 19.5 Å². The molecule has 0 spiro atoms. The van der Waals surface area contributed by atoms with E-state index in [1.807, 2.05) is 0 Å². The zero-order chi connectivity index (χ0) is 19.9. The van der Waals surface area contributed by atoms with Gasteiger partial charge in [-0.1, -0.05) is 0 Å². The molecule has 2 aromatic heterocycles. The highest BCUT2D eigenvalue weighted by Gasteiger charge is 2.46. The predicted molar refractivity (Wildman–Crippen MR) is 92.1 cm³/mol. The SMILES string of the molecule is Nc1nc2c(ncn2[C@@H]2O[C@H](CO[PH](=S)OP(=O)(O)O)[C@H](F)C2O)c(=O)[nH]1. The molecule has 2 unspecified atom stereocenters. The summed E-state index contributed by atoms with van der Waals surface area (Å²) in [6, 6.07) is 0. The number of hydrogen-bond acceptors (Lipinski definition) is 10. The molecule has 0 aromatic carbocycles. The number of anilines is 1. The Morgan fingerprint density at radius 1 is 1.56 bits per heavy atom. The molecule has 5 atom stereocenters. The number of nitrogens with one attached hydrogen (secondary N) is 1. The molecule has 1 saturated heterocycles. The quantitative estimate of drug-likeness (QED) is 0.338. The van der Waals surface area contributed by atoms with Crippen LogP contribution in [0.2, 0.25) is 0 Å². The van der Waals surface area contributed by atoms with Gasteiger partial charge in [0.15, 0.2) is 30.7 Å². The Morgan fingerprint density at radius 2 is 2.26 bits per heavy atom. The Balaban J connectivity index is 1.77. The van der Waals surface area contributed by atoms with E-state index >= 15 is 0 Å². The largest absolute Gasteiger partial charge is 0.475 e. The van der Waals surface area contributed by atoms with E-state index in [1.165, 1.54) is 0 Å². The number of nitrogens with zero attached hydrogens (tertiary/aromatic N) is 3. The maximum Gasteiger partial charge on any atom is 0.475 e. The summed E-state index contributed by atoms with van der Waals surface area (Å²) in [7, 11) is -7.62. The molecule has 0 amide bonds. The molecule has 0 saturated carbocycles. The summed E-state index contributed by atoms with van der Waals surface area (Å²) in [6.45, 7) is -0.519. The van der Waals surface area contributed by atoms with E-state index < -0.39 is 51.7 Å². The van der Waals surface area contributed by atoms with Crippen LogP contribution >= 0.6 is 15.0 Å². The van der Waals surface area contributed by atoms with Crippen molar-refractivity contribution in [1.29, 1.82) is 0 Å². The van der Waals surface area contributed by atoms with Gasteiger partial charge in [-0.05, 0) is 11.8 Å². The Bertz CT molecular complexity index is 980. The minimum absolute atomic E-state index is 0.0214. The molecule has 1 aliphatic rings. The number of ether oxygens (including phenoxy) is 1. The molecule has 0 aliphatic carbocycles. The summed E-state index contributed by atoms with van der Waals surface area (Å²) in [5.41, 5.74) is 4.76. The zero-order valence-corrected chi connectivity index (χ0v) is 15.8. The lowest BCUT2D eigenvalue weighted by atomic mass is 10.1. The predicted octanol–water partition coefficient (Wildman–Crippen LogP) is -1.07. The van der Waals surface area contributed by atoms with Crippen molar-refractivity contribution in [2.75, 3.05) is 12.3 Å². The number of H-pyrrole nitrogens is 1. The fourth-order valence-corrected chi connectivity index (χ4v) is 4.84. The molecule has 2 aromatic rings. The first kappa shape index (κ1) is 20.5. The molecule has 150 valence electrons. The van der Waals surface area contributed by atoms with Crippen molar-refractivity contribution in [3.63, 3.8) is 0 Å². The third kappa shape index (κ3) is 4.42. The number of phosphoric acid groups is 1. The maximum atomic E-state index is 14.4. The van der Waals surface area contributed by atoms with E-state index in [-0.39, 0.29) is 17.1 Å². The highest BCUT2D eigenvalue weighted by Crippen LogP contribution is 2.48. The summed E-state index contributed by atoms with van der Waals surface area (Å²) in [5, 5.41) is 10.1. The number of rotatable bonds is 6. The summed E-state index contributed by atoms with van der Waals surface area (Å²) in [6.07, 6.45) is -5.07. The fraction of sp³-hybridized carbons (Fsp3) is 0.500. The van der Waals surface area contributed by atoms with E-state index in [0.29, 0.717) is 0 Å². The molecule has 27 heavy (non-hydrogen) atoms. The second-order valence-corrected chi connectivity index (χ2v) is 8.92. The number of halogens is 1. The first-order valence-corrected chi connectivity index (χ1v) is 11.2. The van der Waals surface area contributed by atoms with Crippen molar-refractivity contribution in [3.05, 3.63) is 16.7 Å². The number of aromatic amines is 1. The van der Waals surface area contributed by atoms with Gasteiger partial charge < -0.3 is 29.9 Å². The van der Waals surface area contributed by atoms with Crippen LogP contribution in [0, 0.1) is 0 Å². The molecule has 3 heterocycles. The topological polar surface area (TPSA) is 195 Å². The lowest BCUT2D eigenvalue weighted by Gasteiger charge is -2.16. The van der Waals surface area contributed by atoms with Gasteiger partial charge in [0, 0.05) is 0 Å². The van der Waals surface area contributed by atoms with Crippen LogP contribution < -0.4 is 11.3 Å². The number of aliphatic hydroxyl groups excluding tert-OH is 1. The molecule has 17 heteroatoms. The molecule has 0 bridgehead atoms. The summed E-state index contributed by atoms with van der Waals surface area (Å²) in [4.78, 5) is 39.1. The number of alkyl halides is 1. The van der Waals surface area contributed by atoms with Gasteiger partial charge in [0.2, 0.25) is 5.95 Å². The minimum Gasteiger partial charge on any atom is -0.385 e. The van der Waals surface area contributed by atoms with Crippen LogP contribution in [0.25, 0.3) is 11.2 Å². The van der Waals surface area contributed by atoms with Crippen molar-refractivity contribution in [3.8, 4) is 0 Å². The molecular weight excluding hydrogens is 431 g/mol. The van der Waals surface area contributed by atoms with Crippen molar-refractivity contribution < 1.29 is 37.4 Å². The number of aromatic nitrogens is 4. The molecule has 13 nitrogen and oxygen atoms in total. The molecule has 1 fully saturated rings. The average Bonchev–Trinajstić information content (AvgIpc) is 3.07. The van der Waals surface area contributed by atoms with Gasteiger partial charge in [-0.2, -0.15) is 4.98 Å². The highest BCUT2D eigenvalue weighted by atomic mass is 32.4. The third-order valence-electron chi connectivity index (χ3n) is 3.57. The number of nitrogen functional groups attached to an aromatic ring is 1. The lowest BCUT2D eigenvalue weighted by Crippen LogP contribution is -2.29. The summed E-state index contributed by atoms with van der Waals surface area (Å²) in [5.74, 6) is -0.202. The van der Waals surface area contributed by atoms with Crippen LogP contribution in [0.5, 0.6) is 0 Å². The second-order valence-electron chi connectivity index (χ2n) is 5.42. The maximum absolute atomic E-state index is 14.4. The number of fused-ring (bicyclic) bond motifs is 1. The normalized spacial score (nSPS) is 27.3. The van der Waals surface area contributed by atoms with Gasteiger partial charge in [-0.25, -0.2) is 18.3 Å². The van der Waals surface area contributed by atoms with Gasteiger partial charge >= 0.3 is 7.82 Å². The first-order valence-electron chi connectivity index (χ1n) is 7.18. The van der Waals surface area contributed by atoms with Crippen molar-refractivity contribution >= 4 is 43.9 Å². The Labute approximate surface area is 155 Å². The molecular formula is C10H14FN5O8P2S. The molecule has 6 N–H and O–H groups in total. The highest BCUT2D eigenvalue weighted by molar-refractivity contribution is 8.02. The molecule has 3 rings (SSSR count). The van der Waals surface area contributed by atoms with Crippen LogP contribution in [0.15, 0.2) is 11.1 Å². The van der Waals surface area contributed by atoms with Gasteiger partial charge in [-0.15, -0.1) is 0 Å². The van der Waals surface area contributed by atoms with E-state index in [1.54, 1.807) is 0 Å². The first-order chi connectivity index (χ1) is 12.6. The van der Waals surface area contributed by atoms with Crippen molar-refractivity contribution in [2.24, 2.45) is 0 Å². The summed E-state index contributed by atoms with van der Waals surface area (Å²) < 4.78 is 40.7. The van der Waals surface area contributed by atoms with Crippen LogP contribution in [0.3, 0.4) is 0 Å². The van der Waals surface area contributed by atoms with Crippen LogP contribution in [0.1, 0.15) is 6.23 Å². The minimum atomic E-state index is -4.83. The third-order valence-corrected chi connectivity index (χ3v) is 6.55. The van der Waals surface area contributed by atoms with Crippen LogP contribution in [-0.2, 0) is 29.9 Å². The average molecular weight is 445 g/mol. The second kappa shape index (κ2) is 7.62. The Hall–Kier alpha value is -1.28. The Morgan fingerprint density at radius 3 is 2.93 bits per heavy atom. The van der Waals surface area contributed by atoms with E-state index in [2.05, 4.69) is 31.1 Å². The van der Waals surface area contributed by atoms with Gasteiger partial charge in [-0.3, -0.25) is 14.3 Å². The van der Waals surface area contributed by atoms with E-state index in [9.17, 15) is 18.9 Å². The Kier molecular flexibility index (Phi) is 5.77. The summed E-state index contributed by atoms with van der Waals surface area (Å²) >= 11 is 4.64. The van der Waals surface area contributed by atoms with Crippen LogP contribution in [-0.4, -0.2) is 59.4 Å². The smallest absolute Gasteiger partial charge is 0.385 e. The van der Waals surface area contributed by atoms with Crippen molar-refractivity contribution in [2.45, 2.75) is 24.6 Å². The number of imidazole rings is 1. The lowest BCUT2D eigenvalue weighted by molar-refractivity contribution is -0.0457. The standard InChI is InChI=1S/C10H14FN5O8P2S/c11-4-3(1-22-25(27)24-26(19,20)21)23-9(6(4)17)16-2-13-5-7(16)14-10(12)15-8(5)18/h2-4,6,9,17,25H,1H2,(H2,19,20,21)(H3,12,14,15,18)/t3-,4+,6?,9-/m1/s1. The van der Waals surface area contributed by atoms with Crippen LogP contribution in [0.4, 0.5) is 10.3 Å².